The van der Waals surface area contributed by atoms with Crippen LogP contribution in [0.25, 0.3) is 0 Å². The van der Waals surface area contributed by atoms with Crippen LogP contribution in [0.5, 0.6) is 0 Å². The van der Waals surface area contributed by atoms with Crippen molar-refractivity contribution in [1.29, 1.82) is 0 Å². The summed E-state index contributed by atoms with van der Waals surface area (Å²) in [7, 11) is 2.10. The molecule has 1 saturated carbocycles. The number of nitrogens with two attached hydrogens (primary N) is 1. The molecule has 3 unspecified atom stereocenters. The summed E-state index contributed by atoms with van der Waals surface area (Å²) in [6, 6.07) is 0.631. The maximum absolute atomic E-state index is 9.92. The lowest BCUT2D eigenvalue weighted by Crippen LogP contribution is -2.48. The summed E-state index contributed by atoms with van der Waals surface area (Å²) in [5, 5.41) is 9.92. The molecular formula is C12H26N2O. The molecular weight excluding hydrogens is 188 g/mol. The quantitative estimate of drug-likeness (QED) is 0.739. The van der Waals surface area contributed by atoms with Crippen LogP contribution < -0.4 is 5.73 Å². The molecule has 0 radical (unpaired) electrons. The van der Waals surface area contributed by atoms with Gasteiger partial charge in [-0.2, -0.15) is 0 Å². The van der Waals surface area contributed by atoms with Crippen LogP contribution in [-0.4, -0.2) is 41.8 Å². The van der Waals surface area contributed by atoms with E-state index in [-0.39, 0.29) is 0 Å². The molecule has 1 rings (SSSR count). The fourth-order valence-corrected chi connectivity index (χ4v) is 2.53. The maximum atomic E-state index is 9.92. The molecule has 1 fully saturated rings. The van der Waals surface area contributed by atoms with Gasteiger partial charge < -0.3 is 15.7 Å². The highest BCUT2D eigenvalue weighted by atomic mass is 16.3. The number of rotatable bonds is 4. The smallest absolute Gasteiger partial charge is 0.0867 e. The normalized spacial score (nSPS) is 31.6. The summed E-state index contributed by atoms with van der Waals surface area (Å²) in [6.45, 7) is 5.15. The monoisotopic (exact) mass is 214 g/mol. The van der Waals surface area contributed by atoms with Crippen molar-refractivity contribution in [2.45, 2.75) is 51.2 Å². The van der Waals surface area contributed by atoms with E-state index in [1.165, 1.54) is 25.7 Å². The summed E-state index contributed by atoms with van der Waals surface area (Å²) in [6.07, 6.45) is 5.21. The van der Waals surface area contributed by atoms with Gasteiger partial charge in [0.1, 0.15) is 0 Å². The summed E-state index contributed by atoms with van der Waals surface area (Å²) < 4.78 is 0. The predicted molar refractivity (Wildman–Crippen MR) is 63.7 cm³/mol. The first-order valence-electron chi connectivity index (χ1n) is 6.07. The molecule has 0 aliphatic heterocycles. The van der Waals surface area contributed by atoms with Crippen molar-refractivity contribution in [2.75, 3.05) is 20.1 Å². The molecule has 0 amide bonds. The lowest BCUT2D eigenvalue weighted by atomic mass is 9.86. The van der Waals surface area contributed by atoms with Crippen molar-refractivity contribution in [3.63, 3.8) is 0 Å². The van der Waals surface area contributed by atoms with Gasteiger partial charge in [0.15, 0.2) is 0 Å². The SMILES string of the molecule is CC1CCCC(N(C)CC(C)(O)CN)C1. The van der Waals surface area contributed by atoms with Crippen molar-refractivity contribution in [2.24, 2.45) is 11.7 Å². The second-order valence-corrected chi connectivity index (χ2v) is 5.54. The average molecular weight is 214 g/mol. The predicted octanol–water partition coefficient (Wildman–Crippen LogP) is 1.21. The first-order chi connectivity index (χ1) is 6.94. The zero-order chi connectivity index (χ0) is 11.5. The molecule has 0 saturated heterocycles. The molecule has 0 aromatic heterocycles. The third-order valence-corrected chi connectivity index (χ3v) is 3.56. The van der Waals surface area contributed by atoms with Crippen LogP contribution in [-0.2, 0) is 0 Å². The fourth-order valence-electron chi connectivity index (χ4n) is 2.53. The Morgan fingerprint density at radius 2 is 2.13 bits per heavy atom. The average Bonchev–Trinajstić information content (AvgIpc) is 2.17. The van der Waals surface area contributed by atoms with Crippen LogP contribution >= 0.6 is 0 Å². The number of nitrogens with zero attached hydrogens (tertiary/aromatic N) is 1. The number of aliphatic hydroxyl groups is 1. The molecule has 90 valence electrons. The van der Waals surface area contributed by atoms with Crippen LogP contribution in [0.2, 0.25) is 0 Å². The number of hydrogen-bond donors (Lipinski definition) is 2. The first kappa shape index (κ1) is 12.9. The Bertz CT molecular complexity index is 194. The zero-order valence-electron chi connectivity index (χ0n) is 10.4. The molecule has 3 heteroatoms. The highest BCUT2D eigenvalue weighted by molar-refractivity contribution is 4.83. The standard InChI is InChI=1S/C12H26N2O/c1-10-5-4-6-11(7-10)14(3)9-12(2,15)8-13/h10-11,15H,4-9,13H2,1-3H3. The Morgan fingerprint density at radius 1 is 1.47 bits per heavy atom. The minimum atomic E-state index is -0.741. The van der Waals surface area contributed by atoms with E-state index in [0.29, 0.717) is 19.1 Å². The summed E-state index contributed by atoms with van der Waals surface area (Å²) >= 11 is 0. The van der Waals surface area contributed by atoms with Gasteiger partial charge in [-0.1, -0.05) is 19.8 Å². The van der Waals surface area contributed by atoms with Crippen molar-refractivity contribution < 1.29 is 5.11 Å². The molecule has 0 heterocycles. The fraction of sp³-hybridized carbons (Fsp3) is 1.00. The van der Waals surface area contributed by atoms with Crippen LogP contribution in [0.4, 0.5) is 0 Å². The highest BCUT2D eigenvalue weighted by Crippen LogP contribution is 2.27. The molecule has 0 aromatic rings. The Kier molecular flexibility index (Phi) is 4.56. The van der Waals surface area contributed by atoms with Crippen molar-refractivity contribution >= 4 is 0 Å². The van der Waals surface area contributed by atoms with Crippen LogP contribution in [0.3, 0.4) is 0 Å². The lowest BCUT2D eigenvalue weighted by molar-refractivity contribution is 0.0140. The Morgan fingerprint density at radius 3 is 2.67 bits per heavy atom. The van der Waals surface area contributed by atoms with E-state index in [0.717, 1.165) is 5.92 Å². The van der Waals surface area contributed by atoms with E-state index in [1.807, 2.05) is 6.92 Å². The molecule has 15 heavy (non-hydrogen) atoms. The van der Waals surface area contributed by atoms with Gasteiger partial charge in [-0.25, -0.2) is 0 Å². The van der Waals surface area contributed by atoms with Crippen molar-refractivity contribution in [3.8, 4) is 0 Å². The van der Waals surface area contributed by atoms with Gasteiger partial charge in [0.2, 0.25) is 0 Å². The summed E-state index contributed by atoms with van der Waals surface area (Å²) in [4.78, 5) is 2.28. The van der Waals surface area contributed by atoms with Gasteiger partial charge in [0.05, 0.1) is 5.60 Å². The third kappa shape index (κ3) is 4.09. The van der Waals surface area contributed by atoms with E-state index >= 15 is 0 Å². The van der Waals surface area contributed by atoms with Gasteiger partial charge in [-0.15, -0.1) is 0 Å². The van der Waals surface area contributed by atoms with Gasteiger partial charge >= 0.3 is 0 Å². The molecule has 3 N–H and O–H groups in total. The Labute approximate surface area is 93.6 Å². The largest absolute Gasteiger partial charge is 0.388 e. The Hall–Kier alpha value is -0.120. The molecule has 0 bridgehead atoms. The topological polar surface area (TPSA) is 49.5 Å². The van der Waals surface area contributed by atoms with Gasteiger partial charge in [-0.05, 0) is 32.7 Å². The second-order valence-electron chi connectivity index (χ2n) is 5.54. The van der Waals surface area contributed by atoms with Crippen molar-refractivity contribution in [3.05, 3.63) is 0 Å². The summed E-state index contributed by atoms with van der Waals surface area (Å²) in [5.41, 5.74) is 4.79. The van der Waals surface area contributed by atoms with Gasteiger partial charge in [0, 0.05) is 19.1 Å². The molecule has 0 spiro atoms. The molecule has 0 aromatic carbocycles. The van der Waals surface area contributed by atoms with Crippen LogP contribution in [0.1, 0.15) is 39.5 Å². The van der Waals surface area contributed by atoms with Crippen LogP contribution in [0, 0.1) is 5.92 Å². The first-order valence-corrected chi connectivity index (χ1v) is 6.07. The lowest BCUT2D eigenvalue weighted by Gasteiger charge is -2.37. The molecule has 3 atom stereocenters. The van der Waals surface area contributed by atoms with E-state index in [9.17, 15) is 5.11 Å². The van der Waals surface area contributed by atoms with E-state index < -0.39 is 5.60 Å². The van der Waals surface area contributed by atoms with Crippen LogP contribution in [0.15, 0.2) is 0 Å². The minimum absolute atomic E-state index is 0.333. The minimum Gasteiger partial charge on any atom is -0.388 e. The van der Waals surface area contributed by atoms with E-state index in [1.54, 1.807) is 0 Å². The number of hydrogen-bond acceptors (Lipinski definition) is 3. The molecule has 1 aliphatic rings. The summed E-state index contributed by atoms with van der Waals surface area (Å²) in [5.74, 6) is 0.828. The molecule has 3 nitrogen and oxygen atoms in total. The van der Waals surface area contributed by atoms with Gasteiger partial charge in [0.25, 0.3) is 0 Å². The Balaban J connectivity index is 2.42. The van der Waals surface area contributed by atoms with Gasteiger partial charge in [-0.3, -0.25) is 0 Å². The zero-order valence-corrected chi connectivity index (χ0v) is 10.4. The number of likely N-dealkylation sites (N-methyl/N-ethyl adjacent to an activating group) is 1. The highest BCUT2D eigenvalue weighted by Gasteiger charge is 2.27. The molecule has 1 aliphatic carbocycles. The van der Waals surface area contributed by atoms with Crippen molar-refractivity contribution in [1.82, 2.24) is 4.90 Å². The van der Waals surface area contributed by atoms with E-state index in [2.05, 4.69) is 18.9 Å². The third-order valence-electron chi connectivity index (χ3n) is 3.56. The maximum Gasteiger partial charge on any atom is 0.0867 e. The van der Waals surface area contributed by atoms with E-state index in [4.69, 9.17) is 5.73 Å². The second kappa shape index (κ2) is 5.28.